The normalized spacial score (nSPS) is 10.9. The molecule has 0 bridgehead atoms. The highest BCUT2D eigenvalue weighted by molar-refractivity contribution is 5.82. The number of allylic oxidation sites excluding steroid dienone is 1. The van der Waals surface area contributed by atoms with E-state index in [0.717, 1.165) is 11.4 Å². The highest BCUT2D eigenvalue weighted by Crippen LogP contribution is 2.23. The average Bonchev–Trinajstić information content (AvgIpc) is 2.54. The monoisotopic (exact) mass is 296 g/mol. The summed E-state index contributed by atoms with van der Waals surface area (Å²) in [5.41, 5.74) is 5.89. The first kappa shape index (κ1) is 15.6. The third-order valence-corrected chi connectivity index (χ3v) is 2.94. The zero-order valence-corrected chi connectivity index (χ0v) is 12.8. The van der Waals surface area contributed by atoms with Gasteiger partial charge in [-0.25, -0.2) is 4.79 Å². The van der Waals surface area contributed by atoms with Crippen LogP contribution in [0.3, 0.4) is 0 Å². The molecule has 0 fully saturated rings. The van der Waals surface area contributed by atoms with Crippen LogP contribution in [0.25, 0.3) is 0 Å². The Bertz CT molecular complexity index is 585. The molecule has 2 aromatic carbocycles. The topological polar surface area (TPSA) is 41.6 Å². The molecule has 0 spiro atoms. The maximum Gasteiger partial charge on any atom is 0.332 e. The van der Waals surface area contributed by atoms with Gasteiger partial charge in [0.2, 0.25) is 0 Å². The lowest BCUT2D eigenvalue weighted by atomic mass is 10.2. The van der Waals surface area contributed by atoms with Crippen LogP contribution in [-0.2, 0) is 9.53 Å². The minimum atomic E-state index is -0.353. The van der Waals surface area contributed by atoms with Crippen molar-refractivity contribution in [3.63, 3.8) is 0 Å². The molecule has 0 aliphatic rings. The minimum absolute atomic E-state index is 0.353. The van der Waals surface area contributed by atoms with E-state index in [4.69, 9.17) is 4.74 Å². The number of carbonyl (C=O) groups is 1. The van der Waals surface area contributed by atoms with Crippen molar-refractivity contribution in [1.29, 1.82) is 0 Å². The Labute approximate surface area is 131 Å². The highest BCUT2D eigenvalue weighted by atomic mass is 16.5. The van der Waals surface area contributed by atoms with Crippen LogP contribution >= 0.6 is 0 Å². The number of anilines is 2. The molecule has 0 saturated carbocycles. The van der Waals surface area contributed by atoms with E-state index in [9.17, 15) is 4.79 Å². The summed E-state index contributed by atoms with van der Waals surface area (Å²) in [6.07, 6.45) is 1.45. The fourth-order valence-electron chi connectivity index (χ4n) is 2.00. The van der Waals surface area contributed by atoms with Gasteiger partial charge in [0.25, 0.3) is 0 Å². The van der Waals surface area contributed by atoms with Gasteiger partial charge in [0.15, 0.2) is 0 Å². The molecular weight excluding hydrogens is 276 g/mol. The molecule has 4 nitrogen and oxygen atoms in total. The van der Waals surface area contributed by atoms with E-state index >= 15 is 0 Å². The first-order chi connectivity index (χ1) is 10.7. The number of carbonyl (C=O) groups excluding carboxylic acids is 1. The fraction of sp³-hybridized carbons (Fsp3) is 0.167. The van der Waals surface area contributed by atoms with Crippen LogP contribution in [0.4, 0.5) is 11.4 Å². The molecule has 2 rings (SSSR count). The lowest BCUT2D eigenvalue weighted by Gasteiger charge is -2.26. The van der Waals surface area contributed by atoms with Crippen LogP contribution in [0.2, 0.25) is 0 Å². The number of nitrogens with one attached hydrogen (secondary N) is 1. The molecule has 0 amide bonds. The lowest BCUT2D eigenvalue weighted by Crippen LogP contribution is -2.32. The zero-order chi connectivity index (χ0) is 15.8. The van der Waals surface area contributed by atoms with Crippen molar-refractivity contribution in [2.24, 2.45) is 0 Å². The molecule has 114 valence electrons. The molecule has 0 heterocycles. The third-order valence-electron chi connectivity index (χ3n) is 2.94. The van der Waals surface area contributed by atoms with Crippen molar-refractivity contribution in [2.75, 3.05) is 11.6 Å². The largest absolute Gasteiger partial charge is 0.463 e. The maximum absolute atomic E-state index is 11.6. The molecule has 0 aliphatic heterocycles. The van der Waals surface area contributed by atoms with Gasteiger partial charge in [0, 0.05) is 11.8 Å². The number of para-hydroxylation sites is 2. The molecule has 0 aromatic heterocycles. The Morgan fingerprint density at radius 3 is 2.00 bits per heavy atom. The zero-order valence-electron chi connectivity index (χ0n) is 12.8. The standard InChI is InChI=1S/C18H20N2O2/c1-3-22-18(21)14-15(2)19-20(16-10-6-4-7-11-16)17-12-8-5-9-13-17/h4-14,19H,3H2,1-2H3/b15-14+. The van der Waals surface area contributed by atoms with E-state index in [1.165, 1.54) is 6.08 Å². The van der Waals surface area contributed by atoms with Crippen molar-refractivity contribution in [3.05, 3.63) is 72.4 Å². The maximum atomic E-state index is 11.6. The number of hydrogen-bond donors (Lipinski definition) is 1. The third kappa shape index (κ3) is 4.38. The number of rotatable bonds is 6. The van der Waals surface area contributed by atoms with E-state index < -0.39 is 0 Å². The molecule has 0 aliphatic carbocycles. The van der Waals surface area contributed by atoms with Crippen LogP contribution < -0.4 is 10.4 Å². The number of esters is 1. The minimum Gasteiger partial charge on any atom is -0.463 e. The summed E-state index contributed by atoms with van der Waals surface area (Å²) in [6.45, 7) is 3.98. The van der Waals surface area contributed by atoms with Gasteiger partial charge < -0.3 is 4.74 Å². The van der Waals surface area contributed by atoms with Crippen LogP contribution in [0.1, 0.15) is 13.8 Å². The van der Waals surface area contributed by atoms with Gasteiger partial charge >= 0.3 is 5.97 Å². The van der Waals surface area contributed by atoms with Gasteiger partial charge in [0.05, 0.1) is 18.0 Å². The summed E-state index contributed by atoms with van der Waals surface area (Å²) < 4.78 is 4.93. The van der Waals surface area contributed by atoms with Gasteiger partial charge in [-0.15, -0.1) is 0 Å². The second-order valence-corrected chi connectivity index (χ2v) is 4.70. The Hall–Kier alpha value is -2.75. The highest BCUT2D eigenvalue weighted by Gasteiger charge is 2.09. The predicted octanol–water partition coefficient (Wildman–Crippen LogP) is 3.80. The second kappa shape index (κ2) is 7.88. The summed E-state index contributed by atoms with van der Waals surface area (Å²) in [7, 11) is 0. The Balaban J connectivity index is 2.25. The number of benzene rings is 2. The molecule has 0 saturated heterocycles. The van der Waals surface area contributed by atoms with Gasteiger partial charge in [-0.1, -0.05) is 36.4 Å². The van der Waals surface area contributed by atoms with Crippen LogP contribution in [0.15, 0.2) is 72.4 Å². The summed E-state index contributed by atoms with van der Waals surface area (Å²) >= 11 is 0. The van der Waals surface area contributed by atoms with E-state index in [1.54, 1.807) is 6.92 Å². The predicted molar refractivity (Wildman–Crippen MR) is 88.5 cm³/mol. The Kier molecular flexibility index (Phi) is 5.60. The second-order valence-electron chi connectivity index (χ2n) is 4.70. The first-order valence-corrected chi connectivity index (χ1v) is 7.22. The Morgan fingerprint density at radius 1 is 1.05 bits per heavy atom. The summed E-state index contributed by atoms with van der Waals surface area (Å²) in [5.74, 6) is -0.353. The summed E-state index contributed by atoms with van der Waals surface area (Å²) in [5, 5.41) is 1.92. The van der Waals surface area contributed by atoms with Crippen molar-refractivity contribution in [2.45, 2.75) is 13.8 Å². The molecular formula is C18H20N2O2. The number of hydrazine groups is 1. The Morgan fingerprint density at radius 2 is 1.55 bits per heavy atom. The summed E-state index contributed by atoms with van der Waals surface area (Å²) in [4.78, 5) is 11.6. The first-order valence-electron chi connectivity index (χ1n) is 7.22. The van der Waals surface area contributed by atoms with Crippen molar-refractivity contribution in [1.82, 2.24) is 5.43 Å². The van der Waals surface area contributed by atoms with Gasteiger partial charge in [-0.05, 0) is 38.1 Å². The molecule has 1 N–H and O–H groups in total. The van der Waals surface area contributed by atoms with Gasteiger partial charge in [-0.2, -0.15) is 0 Å². The quantitative estimate of drug-likeness (QED) is 0.500. The molecule has 0 atom stereocenters. The van der Waals surface area contributed by atoms with Crippen molar-refractivity contribution in [3.8, 4) is 0 Å². The SMILES string of the molecule is CCOC(=O)/C=C(\C)NN(c1ccccc1)c1ccccc1. The van der Waals surface area contributed by atoms with Crippen LogP contribution in [0, 0.1) is 0 Å². The number of nitrogens with zero attached hydrogens (tertiary/aromatic N) is 1. The molecule has 4 heteroatoms. The average molecular weight is 296 g/mol. The fourth-order valence-corrected chi connectivity index (χ4v) is 2.00. The van der Waals surface area contributed by atoms with Crippen LogP contribution in [0.5, 0.6) is 0 Å². The lowest BCUT2D eigenvalue weighted by molar-refractivity contribution is -0.137. The molecule has 2 aromatic rings. The molecule has 22 heavy (non-hydrogen) atoms. The number of hydrogen-bond acceptors (Lipinski definition) is 4. The van der Waals surface area contributed by atoms with E-state index in [1.807, 2.05) is 72.6 Å². The van der Waals surface area contributed by atoms with E-state index in [0.29, 0.717) is 12.3 Å². The van der Waals surface area contributed by atoms with Crippen molar-refractivity contribution >= 4 is 17.3 Å². The smallest absolute Gasteiger partial charge is 0.332 e. The number of ether oxygens (including phenoxy) is 1. The van der Waals surface area contributed by atoms with Gasteiger partial charge in [0.1, 0.15) is 0 Å². The van der Waals surface area contributed by atoms with Crippen molar-refractivity contribution < 1.29 is 9.53 Å². The summed E-state index contributed by atoms with van der Waals surface area (Å²) in [6, 6.07) is 19.8. The van der Waals surface area contributed by atoms with E-state index in [-0.39, 0.29) is 5.97 Å². The van der Waals surface area contributed by atoms with E-state index in [2.05, 4.69) is 5.43 Å². The molecule has 0 radical (unpaired) electrons. The van der Waals surface area contributed by atoms with Gasteiger partial charge in [-0.3, -0.25) is 10.4 Å². The molecule has 0 unspecified atom stereocenters. The van der Waals surface area contributed by atoms with Crippen LogP contribution in [-0.4, -0.2) is 12.6 Å².